The number of benzene rings is 4. The highest BCUT2D eigenvalue weighted by Gasteiger charge is 2.31. The van der Waals surface area contributed by atoms with Crippen molar-refractivity contribution < 1.29 is 4.48 Å². The van der Waals surface area contributed by atoms with E-state index in [4.69, 9.17) is 0 Å². The van der Waals surface area contributed by atoms with E-state index in [1.807, 2.05) is 0 Å². The van der Waals surface area contributed by atoms with Gasteiger partial charge in [0, 0.05) is 0 Å². The third-order valence-electron chi connectivity index (χ3n) is 7.38. The number of rotatable bonds is 11. The second kappa shape index (κ2) is 14.6. The normalized spacial score (nSPS) is 11.5. The van der Waals surface area contributed by atoms with Gasteiger partial charge in [-0.05, 0) is 12.8 Å². The van der Waals surface area contributed by atoms with Gasteiger partial charge in [-0.15, -0.1) is 0 Å². The van der Waals surface area contributed by atoms with Crippen LogP contribution in [0.25, 0.3) is 0 Å². The van der Waals surface area contributed by atoms with Crippen LogP contribution >= 0.6 is 0 Å². The van der Waals surface area contributed by atoms with Crippen molar-refractivity contribution >= 4 is 28.0 Å². The Kier molecular flexibility index (Phi) is 11.2. The summed E-state index contributed by atoms with van der Waals surface area (Å²) in [6.45, 7) is 3.60. The highest BCUT2D eigenvalue weighted by Crippen LogP contribution is 2.09. The minimum absolute atomic E-state index is 1.12. The van der Waals surface area contributed by atoms with Crippen molar-refractivity contribution in [3.63, 3.8) is 0 Å². The van der Waals surface area contributed by atoms with Gasteiger partial charge < -0.3 is 4.48 Å². The summed E-state index contributed by atoms with van der Waals surface area (Å²) in [6, 6.07) is 43.5. The number of nitrogens with zero attached hydrogens (tertiary/aromatic N) is 1. The smallest absolute Gasteiger partial charge is 0.108 e. The van der Waals surface area contributed by atoms with Gasteiger partial charge in [0.15, 0.2) is 0 Å². The third kappa shape index (κ3) is 8.20. The summed E-state index contributed by atoms with van der Waals surface area (Å²) in [6.07, 6.45) is 7.26. The quantitative estimate of drug-likeness (QED) is 0.135. The average molecular weight is 492 g/mol. The topological polar surface area (TPSA) is 0 Å². The number of quaternary nitrogens is 1. The first-order valence-electron chi connectivity index (χ1n) is 14.2. The molecule has 0 aliphatic heterocycles. The molecular formula is C35H46BN. The Morgan fingerprint density at radius 1 is 0.432 bits per heavy atom. The van der Waals surface area contributed by atoms with E-state index in [1.54, 1.807) is 0 Å². The highest BCUT2D eigenvalue weighted by atomic mass is 15.3. The lowest BCUT2D eigenvalue weighted by atomic mass is 9.13. The monoisotopic (exact) mass is 491 g/mol. The molecule has 0 aliphatic rings. The van der Waals surface area contributed by atoms with E-state index in [0.717, 1.165) is 4.48 Å². The second-order valence-electron chi connectivity index (χ2n) is 11.3. The molecule has 37 heavy (non-hydrogen) atoms. The molecule has 0 bridgehead atoms. The van der Waals surface area contributed by atoms with Crippen molar-refractivity contribution in [1.29, 1.82) is 0 Å². The molecule has 1 nitrogen and oxygen atoms in total. The minimum atomic E-state index is -1.22. The van der Waals surface area contributed by atoms with E-state index in [1.165, 1.54) is 66.9 Å². The van der Waals surface area contributed by atoms with Crippen LogP contribution in [-0.4, -0.2) is 38.3 Å². The highest BCUT2D eigenvalue weighted by molar-refractivity contribution is 7.19. The molecule has 0 atom stereocenters. The largest absolute Gasteiger partial charge is 0.331 e. The van der Waals surface area contributed by atoms with Crippen LogP contribution in [0.2, 0.25) is 0 Å². The Morgan fingerprint density at radius 3 is 1.03 bits per heavy atom. The molecule has 194 valence electrons. The molecule has 0 fully saturated rings. The van der Waals surface area contributed by atoms with Gasteiger partial charge in [0.25, 0.3) is 0 Å². The molecule has 2 heteroatoms. The molecule has 4 aromatic carbocycles. The maximum Gasteiger partial charge on any atom is 0.108 e. The van der Waals surface area contributed by atoms with E-state index in [0.29, 0.717) is 0 Å². The summed E-state index contributed by atoms with van der Waals surface area (Å²) in [4.78, 5) is 0. The fraction of sp³-hybridized carbons (Fsp3) is 0.314. The van der Waals surface area contributed by atoms with E-state index >= 15 is 0 Å². The maximum absolute atomic E-state index is 2.27. The van der Waals surface area contributed by atoms with Crippen LogP contribution in [-0.2, 0) is 0 Å². The summed E-state index contributed by atoms with van der Waals surface area (Å²) < 4.78 is 1.12. The SMILES string of the molecule is CCCCCCCC[N+](C)(C)C.c1ccc([B-](c2ccccc2)(c2ccccc2)c2ccccc2)cc1. The van der Waals surface area contributed by atoms with Crippen molar-refractivity contribution in [3.05, 3.63) is 121 Å². The standard InChI is InChI=1S/C24H20B.C11H26N/c1-5-13-21(14-6-1)25(22-15-7-2-8-16-22,23-17-9-3-10-18-23)24-19-11-4-12-20-24;1-5-6-7-8-9-10-11-12(2,3)4/h1-20H;5-11H2,1-4H3/q-1;+1. The fourth-order valence-corrected chi connectivity index (χ4v) is 5.49. The first-order chi connectivity index (χ1) is 18.0. The summed E-state index contributed by atoms with van der Waals surface area (Å²) in [5.41, 5.74) is 5.36. The zero-order valence-electron chi connectivity index (χ0n) is 23.5. The molecule has 0 radical (unpaired) electrons. The van der Waals surface area contributed by atoms with Crippen molar-refractivity contribution in [2.24, 2.45) is 0 Å². The molecule has 0 N–H and O–H groups in total. The van der Waals surface area contributed by atoms with Gasteiger partial charge in [0.2, 0.25) is 0 Å². The second-order valence-corrected chi connectivity index (χ2v) is 11.3. The van der Waals surface area contributed by atoms with Crippen molar-refractivity contribution in [3.8, 4) is 0 Å². The van der Waals surface area contributed by atoms with E-state index in [-0.39, 0.29) is 0 Å². The Balaban J connectivity index is 0.000000270. The molecule has 0 unspecified atom stereocenters. The van der Waals surface area contributed by atoms with Gasteiger partial charge in [-0.25, -0.2) is 0 Å². The summed E-state index contributed by atoms with van der Waals surface area (Å²) in [5.74, 6) is 0. The molecule has 4 rings (SSSR count). The molecule has 0 amide bonds. The zero-order chi connectivity index (χ0) is 26.4. The minimum Gasteiger partial charge on any atom is -0.331 e. The van der Waals surface area contributed by atoms with E-state index < -0.39 is 6.15 Å². The van der Waals surface area contributed by atoms with Gasteiger partial charge in [-0.1, -0.05) is 154 Å². The van der Waals surface area contributed by atoms with Gasteiger partial charge >= 0.3 is 0 Å². The van der Waals surface area contributed by atoms with Gasteiger partial charge in [-0.3, -0.25) is 0 Å². The number of unbranched alkanes of at least 4 members (excludes halogenated alkanes) is 5. The van der Waals surface area contributed by atoms with Gasteiger partial charge in [0.05, 0.1) is 27.7 Å². The van der Waals surface area contributed by atoms with Crippen LogP contribution in [0.5, 0.6) is 0 Å². The lowest BCUT2D eigenvalue weighted by Gasteiger charge is -2.44. The average Bonchev–Trinajstić information content (AvgIpc) is 2.93. The summed E-state index contributed by atoms with van der Waals surface area (Å²) in [7, 11) is 6.81. The van der Waals surface area contributed by atoms with Crippen molar-refractivity contribution in [2.75, 3.05) is 27.7 Å². The fourth-order valence-electron chi connectivity index (χ4n) is 5.49. The van der Waals surface area contributed by atoms with Crippen LogP contribution in [0.1, 0.15) is 45.4 Å². The molecule has 0 aliphatic carbocycles. The molecule has 0 saturated carbocycles. The molecular weight excluding hydrogens is 445 g/mol. The lowest BCUT2D eigenvalue weighted by Crippen LogP contribution is -2.74. The zero-order valence-corrected chi connectivity index (χ0v) is 23.5. The van der Waals surface area contributed by atoms with Crippen molar-refractivity contribution in [2.45, 2.75) is 45.4 Å². The predicted octanol–water partition coefficient (Wildman–Crippen LogP) is 6.12. The predicted molar refractivity (Wildman–Crippen MR) is 166 cm³/mol. The Hall–Kier alpha value is -3.10. The molecule has 0 spiro atoms. The van der Waals surface area contributed by atoms with Crippen LogP contribution in [0.3, 0.4) is 0 Å². The van der Waals surface area contributed by atoms with Crippen molar-refractivity contribution in [1.82, 2.24) is 0 Å². The number of hydrogen-bond acceptors (Lipinski definition) is 0. The third-order valence-corrected chi connectivity index (χ3v) is 7.38. The maximum atomic E-state index is 2.27. The Bertz CT molecular complexity index is 956. The summed E-state index contributed by atoms with van der Waals surface area (Å²) in [5, 5.41) is 0. The van der Waals surface area contributed by atoms with Gasteiger partial charge in [-0.2, -0.15) is 21.9 Å². The molecule has 0 heterocycles. The van der Waals surface area contributed by atoms with E-state index in [9.17, 15) is 0 Å². The van der Waals surface area contributed by atoms with Gasteiger partial charge in [0.1, 0.15) is 6.15 Å². The Labute approximate surface area is 226 Å². The molecule has 0 aromatic heterocycles. The number of hydrogen-bond donors (Lipinski definition) is 0. The first kappa shape index (κ1) is 28.5. The molecule has 4 aromatic rings. The van der Waals surface area contributed by atoms with E-state index in [2.05, 4.69) is 149 Å². The van der Waals surface area contributed by atoms with Crippen LogP contribution in [0.15, 0.2) is 121 Å². The van der Waals surface area contributed by atoms with Crippen LogP contribution < -0.4 is 21.9 Å². The lowest BCUT2D eigenvalue weighted by molar-refractivity contribution is -0.870. The summed E-state index contributed by atoms with van der Waals surface area (Å²) >= 11 is 0. The molecule has 0 saturated heterocycles. The van der Waals surface area contributed by atoms with Crippen LogP contribution in [0.4, 0.5) is 0 Å². The first-order valence-corrected chi connectivity index (χ1v) is 14.2. The Morgan fingerprint density at radius 2 is 0.730 bits per heavy atom. The van der Waals surface area contributed by atoms with Crippen LogP contribution in [0, 0.1) is 0 Å².